The molecule has 1 N–H and O–H groups in total. The van der Waals surface area contributed by atoms with E-state index < -0.39 is 7.82 Å². The van der Waals surface area contributed by atoms with E-state index in [4.69, 9.17) is 9.31 Å². The molecular weight excluding hydrogens is 195 g/mol. The van der Waals surface area contributed by atoms with Crippen LogP contribution in [0.4, 0.5) is 0 Å². The van der Waals surface area contributed by atoms with Gasteiger partial charge in [-0.05, 0) is 19.1 Å². The Hall–Kier alpha value is -0.610. The Balaban J connectivity index is 2.38. The van der Waals surface area contributed by atoms with Crippen molar-refractivity contribution < 1.29 is 22.9 Å². The first-order valence-corrected chi connectivity index (χ1v) is 5.28. The van der Waals surface area contributed by atoms with Crippen molar-refractivity contribution in [1.82, 2.24) is 0 Å². The SMILES string of the molecule is CCOP(=O)(O)OCc1ccco1. The standard InChI is InChI=1S/C7H11O5P/c1-2-11-13(8,9)12-6-7-4-3-5-10-7/h3-5H,2,6H2,1H3,(H,8,9). The van der Waals surface area contributed by atoms with Crippen LogP contribution in [-0.2, 0) is 20.2 Å². The molecule has 0 amide bonds. The summed E-state index contributed by atoms with van der Waals surface area (Å²) in [6, 6.07) is 3.31. The molecule has 0 bridgehead atoms. The first kappa shape index (κ1) is 10.5. The highest BCUT2D eigenvalue weighted by molar-refractivity contribution is 7.47. The van der Waals surface area contributed by atoms with Crippen LogP contribution in [0.25, 0.3) is 0 Å². The molecule has 0 spiro atoms. The van der Waals surface area contributed by atoms with Gasteiger partial charge >= 0.3 is 7.82 Å². The first-order chi connectivity index (χ1) is 6.14. The maximum absolute atomic E-state index is 11.0. The number of rotatable bonds is 5. The number of phosphoric acid groups is 1. The lowest BCUT2D eigenvalue weighted by atomic mass is 10.5. The average molecular weight is 206 g/mol. The van der Waals surface area contributed by atoms with E-state index in [2.05, 4.69) is 9.05 Å². The van der Waals surface area contributed by atoms with Gasteiger partial charge in [-0.2, -0.15) is 0 Å². The highest BCUT2D eigenvalue weighted by Crippen LogP contribution is 2.43. The second-order valence-corrected chi connectivity index (χ2v) is 3.69. The Kier molecular flexibility index (Phi) is 3.69. The quantitative estimate of drug-likeness (QED) is 0.745. The Labute approximate surface area is 75.9 Å². The zero-order chi connectivity index (χ0) is 9.73. The molecule has 1 aromatic rings. The maximum Gasteiger partial charge on any atom is 0.472 e. The van der Waals surface area contributed by atoms with Gasteiger partial charge in [0.2, 0.25) is 0 Å². The largest absolute Gasteiger partial charge is 0.472 e. The van der Waals surface area contributed by atoms with E-state index in [9.17, 15) is 4.57 Å². The third-order valence-corrected chi connectivity index (χ3v) is 2.28. The Morgan fingerprint density at radius 3 is 2.92 bits per heavy atom. The molecule has 0 aliphatic rings. The van der Waals surface area contributed by atoms with Crippen LogP contribution in [-0.4, -0.2) is 11.5 Å². The summed E-state index contributed by atoms with van der Waals surface area (Å²) in [4.78, 5) is 8.98. The van der Waals surface area contributed by atoms with Crippen LogP contribution in [0.1, 0.15) is 12.7 Å². The molecule has 0 radical (unpaired) electrons. The van der Waals surface area contributed by atoms with E-state index in [1.165, 1.54) is 6.26 Å². The second-order valence-electron chi connectivity index (χ2n) is 2.24. The zero-order valence-electron chi connectivity index (χ0n) is 7.17. The molecule has 1 aromatic heterocycles. The Morgan fingerprint density at radius 1 is 1.62 bits per heavy atom. The van der Waals surface area contributed by atoms with E-state index in [1.54, 1.807) is 19.1 Å². The molecule has 1 rings (SSSR count). The molecule has 0 aliphatic heterocycles. The summed E-state index contributed by atoms with van der Waals surface area (Å²) in [5.74, 6) is 0.481. The van der Waals surface area contributed by atoms with Crippen molar-refractivity contribution in [3.63, 3.8) is 0 Å². The normalized spacial score (nSPS) is 15.5. The molecule has 1 heterocycles. The fourth-order valence-corrected chi connectivity index (χ4v) is 1.43. The average Bonchev–Trinajstić information content (AvgIpc) is 2.52. The van der Waals surface area contributed by atoms with Gasteiger partial charge in [0.15, 0.2) is 0 Å². The van der Waals surface area contributed by atoms with Crippen LogP contribution in [0.3, 0.4) is 0 Å². The molecule has 0 saturated heterocycles. The molecule has 1 unspecified atom stereocenters. The summed E-state index contributed by atoms with van der Waals surface area (Å²) in [7, 11) is -3.89. The summed E-state index contributed by atoms with van der Waals surface area (Å²) in [6.07, 6.45) is 1.46. The van der Waals surface area contributed by atoms with Crippen LogP contribution in [0, 0.1) is 0 Å². The van der Waals surface area contributed by atoms with Crippen molar-refractivity contribution in [2.24, 2.45) is 0 Å². The minimum absolute atomic E-state index is 0.0687. The van der Waals surface area contributed by atoms with E-state index in [0.29, 0.717) is 5.76 Å². The van der Waals surface area contributed by atoms with Gasteiger partial charge in [-0.3, -0.25) is 9.05 Å². The van der Waals surface area contributed by atoms with E-state index >= 15 is 0 Å². The summed E-state index contributed by atoms with van der Waals surface area (Å²) >= 11 is 0. The molecule has 0 aliphatic carbocycles. The lowest BCUT2D eigenvalue weighted by molar-refractivity contribution is 0.140. The number of phosphoric ester groups is 1. The molecule has 13 heavy (non-hydrogen) atoms. The molecule has 0 fully saturated rings. The van der Waals surface area contributed by atoms with Crippen molar-refractivity contribution >= 4 is 7.82 Å². The molecule has 1 atom stereocenters. The Bertz CT molecular complexity index is 281. The highest BCUT2D eigenvalue weighted by atomic mass is 31.2. The van der Waals surface area contributed by atoms with Crippen LogP contribution < -0.4 is 0 Å². The van der Waals surface area contributed by atoms with Gasteiger partial charge in [-0.15, -0.1) is 0 Å². The molecule has 0 saturated carbocycles. The molecule has 0 aromatic carbocycles. The van der Waals surface area contributed by atoms with E-state index in [1.807, 2.05) is 0 Å². The summed E-state index contributed by atoms with van der Waals surface area (Å²) in [5, 5.41) is 0. The fraction of sp³-hybridized carbons (Fsp3) is 0.429. The third kappa shape index (κ3) is 3.74. The van der Waals surface area contributed by atoms with Crippen molar-refractivity contribution in [3.05, 3.63) is 24.2 Å². The third-order valence-electron chi connectivity index (χ3n) is 1.24. The minimum atomic E-state index is -3.89. The number of hydrogen-bond donors (Lipinski definition) is 1. The van der Waals surface area contributed by atoms with Crippen molar-refractivity contribution in [1.29, 1.82) is 0 Å². The van der Waals surface area contributed by atoms with E-state index in [-0.39, 0.29) is 13.2 Å². The van der Waals surface area contributed by atoms with Gasteiger partial charge in [0, 0.05) is 0 Å². The van der Waals surface area contributed by atoms with Crippen LogP contribution in [0.15, 0.2) is 22.8 Å². The van der Waals surface area contributed by atoms with E-state index in [0.717, 1.165) is 0 Å². The van der Waals surface area contributed by atoms with Crippen molar-refractivity contribution in [2.75, 3.05) is 6.61 Å². The fourth-order valence-electron chi connectivity index (χ4n) is 0.740. The predicted molar refractivity (Wildman–Crippen MR) is 44.9 cm³/mol. The van der Waals surface area contributed by atoms with Crippen LogP contribution >= 0.6 is 7.82 Å². The van der Waals surface area contributed by atoms with Crippen molar-refractivity contribution in [2.45, 2.75) is 13.5 Å². The summed E-state index contributed by atoms with van der Waals surface area (Å²) in [6.45, 7) is 1.67. The highest BCUT2D eigenvalue weighted by Gasteiger charge is 2.20. The van der Waals surface area contributed by atoms with Crippen LogP contribution in [0.5, 0.6) is 0 Å². The first-order valence-electron chi connectivity index (χ1n) is 3.78. The lowest BCUT2D eigenvalue weighted by Gasteiger charge is -2.08. The maximum atomic E-state index is 11.0. The molecule has 74 valence electrons. The smallest absolute Gasteiger partial charge is 0.467 e. The zero-order valence-corrected chi connectivity index (χ0v) is 8.07. The number of hydrogen-bond acceptors (Lipinski definition) is 4. The predicted octanol–water partition coefficient (Wildman–Crippen LogP) is 1.93. The van der Waals surface area contributed by atoms with Gasteiger partial charge in [-0.1, -0.05) is 0 Å². The monoisotopic (exact) mass is 206 g/mol. The van der Waals surface area contributed by atoms with Gasteiger partial charge in [0.05, 0.1) is 12.9 Å². The van der Waals surface area contributed by atoms with Gasteiger partial charge < -0.3 is 9.31 Å². The van der Waals surface area contributed by atoms with Crippen molar-refractivity contribution in [3.8, 4) is 0 Å². The second kappa shape index (κ2) is 4.58. The lowest BCUT2D eigenvalue weighted by Crippen LogP contribution is -1.94. The summed E-state index contributed by atoms with van der Waals surface area (Å²) in [5.41, 5.74) is 0. The van der Waals surface area contributed by atoms with Gasteiger partial charge in [0.1, 0.15) is 12.4 Å². The Morgan fingerprint density at radius 2 is 2.38 bits per heavy atom. The topological polar surface area (TPSA) is 68.9 Å². The minimum Gasteiger partial charge on any atom is -0.467 e. The van der Waals surface area contributed by atoms with Gasteiger partial charge in [0.25, 0.3) is 0 Å². The number of furan rings is 1. The molecule has 6 heteroatoms. The van der Waals surface area contributed by atoms with Gasteiger partial charge in [-0.25, -0.2) is 4.57 Å². The molecule has 5 nitrogen and oxygen atoms in total. The van der Waals surface area contributed by atoms with Crippen LogP contribution in [0.2, 0.25) is 0 Å². The molecular formula is C7H11O5P. The summed E-state index contributed by atoms with van der Waals surface area (Å²) < 4.78 is 25.0.